The summed E-state index contributed by atoms with van der Waals surface area (Å²) in [4.78, 5) is 4.93. The van der Waals surface area contributed by atoms with Crippen LogP contribution in [0, 0.1) is 6.92 Å². The fourth-order valence-electron chi connectivity index (χ4n) is 6.17. The number of nitrogens with two attached hydrogens (primary N) is 1. The Balaban J connectivity index is 0.000000210. The lowest BCUT2D eigenvalue weighted by molar-refractivity contribution is 0.313. The van der Waals surface area contributed by atoms with Crippen LogP contribution in [0.25, 0.3) is 32.3 Å². The van der Waals surface area contributed by atoms with E-state index < -0.39 is 0 Å². The predicted molar refractivity (Wildman–Crippen MR) is 160 cm³/mol. The van der Waals surface area contributed by atoms with Gasteiger partial charge in [-0.05, 0) is 94.4 Å². The molecule has 1 atom stereocenters. The van der Waals surface area contributed by atoms with E-state index in [1.807, 2.05) is 0 Å². The molecule has 188 valence electrons. The Morgan fingerprint density at radius 2 is 1.38 bits per heavy atom. The number of nitrogens with zero attached hydrogens (tertiary/aromatic N) is 2. The first-order valence-corrected chi connectivity index (χ1v) is 13.7. The van der Waals surface area contributed by atoms with Crippen molar-refractivity contribution < 1.29 is 0 Å². The van der Waals surface area contributed by atoms with Crippen molar-refractivity contribution in [3.63, 3.8) is 0 Å². The summed E-state index contributed by atoms with van der Waals surface area (Å²) in [7, 11) is 2.21. The van der Waals surface area contributed by atoms with Gasteiger partial charge >= 0.3 is 0 Å². The Kier molecular flexibility index (Phi) is 6.58. The SMILES string of the molecule is Cc1cc2cc(N3CCN(C)CC3)ccc2c2ccc3c(c12)CC[C@@H](N)C3.c1ccc2ccccc2c1. The molecule has 0 radical (unpaired) electrons. The first kappa shape index (κ1) is 24.0. The summed E-state index contributed by atoms with van der Waals surface area (Å²) in [6.45, 7) is 6.79. The second-order valence-corrected chi connectivity index (χ2v) is 10.9. The molecule has 5 aromatic carbocycles. The standard InChI is InChI=1S/C24H29N3.C10H8/c1-16-13-18-15-20(27-11-9-26(2)10-12-27)5-8-21(18)23-6-3-17-14-19(25)4-7-22(17)24(16)23;1-2-6-10-8-4-3-7-9(10)5-1/h3,5-6,8,13,15,19H,4,7,9-12,14,25H2,1-2H3;1-8H/t19-;/m1./s1. The Morgan fingerprint density at radius 3 is 2.05 bits per heavy atom. The Labute approximate surface area is 220 Å². The lowest BCUT2D eigenvalue weighted by atomic mass is 9.83. The molecule has 0 saturated carbocycles. The molecule has 0 spiro atoms. The van der Waals surface area contributed by atoms with Gasteiger partial charge in [0.2, 0.25) is 0 Å². The highest BCUT2D eigenvalue weighted by Crippen LogP contribution is 2.36. The van der Waals surface area contributed by atoms with E-state index in [1.54, 1.807) is 0 Å². The number of piperazine rings is 1. The molecule has 1 heterocycles. The monoisotopic (exact) mass is 487 g/mol. The number of anilines is 1. The van der Waals surface area contributed by atoms with Crippen molar-refractivity contribution in [2.75, 3.05) is 38.1 Å². The molecule has 7 rings (SSSR count). The zero-order valence-electron chi connectivity index (χ0n) is 22.1. The van der Waals surface area contributed by atoms with Gasteiger partial charge in [-0.2, -0.15) is 0 Å². The Hall–Kier alpha value is -3.40. The van der Waals surface area contributed by atoms with Crippen molar-refractivity contribution in [1.29, 1.82) is 0 Å². The van der Waals surface area contributed by atoms with Crippen LogP contribution in [0.15, 0.2) is 84.9 Å². The first-order chi connectivity index (χ1) is 18.1. The largest absolute Gasteiger partial charge is 0.369 e. The van der Waals surface area contributed by atoms with Crippen LogP contribution in [0.5, 0.6) is 0 Å². The molecule has 1 fully saturated rings. The maximum absolute atomic E-state index is 6.21. The van der Waals surface area contributed by atoms with E-state index in [-0.39, 0.29) is 0 Å². The smallest absolute Gasteiger partial charge is 0.0373 e. The number of benzene rings is 5. The third kappa shape index (κ3) is 4.82. The summed E-state index contributed by atoms with van der Waals surface area (Å²) in [5.41, 5.74) is 12.0. The van der Waals surface area contributed by atoms with E-state index in [2.05, 4.69) is 109 Å². The molecule has 0 unspecified atom stereocenters. The van der Waals surface area contributed by atoms with Gasteiger partial charge in [0.05, 0.1) is 0 Å². The zero-order chi connectivity index (χ0) is 25.4. The molecule has 3 nitrogen and oxygen atoms in total. The number of fused-ring (bicyclic) bond motifs is 6. The summed E-state index contributed by atoms with van der Waals surface area (Å²) >= 11 is 0. The molecule has 0 amide bonds. The minimum Gasteiger partial charge on any atom is -0.369 e. The summed E-state index contributed by atoms with van der Waals surface area (Å²) < 4.78 is 0. The third-order valence-electron chi connectivity index (χ3n) is 8.28. The number of likely N-dealkylation sites (N-methyl/N-ethyl adjacent to an activating group) is 1. The van der Waals surface area contributed by atoms with E-state index in [1.165, 1.54) is 54.7 Å². The second-order valence-electron chi connectivity index (χ2n) is 10.9. The van der Waals surface area contributed by atoms with Gasteiger partial charge in [-0.15, -0.1) is 0 Å². The van der Waals surface area contributed by atoms with Crippen LogP contribution < -0.4 is 10.6 Å². The fraction of sp³-hybridized carbons (Fsp3) is 0.294. The topological polar surface area (TPSA) is 32.5 Å². The average molecular weight is 488 g/mol. The minimum atomic E-state index is 0.321. The summed E-state index contributed by atoms with van der Waals surface area (Å²) in [6, 6.07) is 31.1. The minimum absolute atomic E-state index is 0.321. The lowest BCUT2D eigenvalue weighted by Crippen LogP contribution is -2.44. The maximum atomic E-state index is 6.21. The first-order valence-electron chi connectivity index (χ1n) is 13.7. The van der Waals surface area contributed by atoms with E-state index >= 15 is 0 Å². The van der Waals surface area contributed by atoms with Gasteiger partial charge in [-0.25, -0.2) is 0 Å². The highest BCUT2D eigenvalue weighted by molar-refractivity contribution is 6.11. The second kappa shape index (κ2) is 10.2. The van der Waals surface area contributed by atoms with Crippen molar-refractivity contribution >= 4 is 38.0 Å². The van der Waals surface area contributed by atoms with E-state index in [0.717, 1.165) is 45.4 Å². The van der Waals surface area contributed by atoms with Crippen molar-refractivity contribution in [1.82, 2.24) is 4.90 Å². The predicted octanol–water partition coefficient (Wildman–Crippen LogP) is 6.71. The van der Waals surface area contributed by atoms with Crippen LogP contribution in [0.4, 0.5) is 5.69 Å². The van der Waals surface area contributed by atoms with E-state index in [9.17, 15) is 0 Å². The summed E-state index contributed by atoms with van der Waals surface area (Å²) in [6.07, 6.45) is 3.23. The number of rotatable bonds is 1. The summed E-state index contributed by atoms with van der Waals surface area (Å²) in [5, 5.41) is 8.24. The van der Waals surface area contributed by atoms with E-state index in [4.69, 9.17) is 5.73 Å². The quantitative estimate of drug-likeness (QED) is 0.267. The highest BCUT2D eigenvalue weighted by Gasteiger charge is 2.20. The maximum Gasteiger partial charge on any atom is 0.0373 e. The average Bonchev–Trinajstić information content (AvgIpc) is 2.93. The summed E-state index contributed by atoms with van der Waals surface area (Å²) in [5.74, 6) is 0. The number of aryl methyl sites for hydroxylation is 2. The molecule has 2 N–H and O–H groups in total. The molecule has 0 bridgehead atoms. The molecular formula is C34H37N3. The molecule has 3 heteroatoms. The third-order valence-corrected chi connectivity index (χ3v) is 8.28. The zero-order valence-corrected chi connectivity index (χ0v) is 22.1. The van der Waals surface area contributed by atoms with Crippen molar-refractivity contribution in [3.05, 3.63) is 102 Å². The highest BCUT2D eigenvalue weighted by atomic mass is 15.2. The number of hydrogen-bond acceptors (Lipinski definition) is 3. The van der Waals surface area contributed by atoms with Crippen LogP contribution in [-0.4, -0.2) is 44.2 Å². The van der Waals surface area contributed by atoms with Gasteiger partial charge in [-0.1, -0.05) is 72.8 Å². The van der Waals surface area contributed by atoms with Gasteiger partial charge in [0.1, 0.15) is 0 Å². The molecule has 2 aliphatic rings. The lowest BCUT2D eigenvalue weighted by Gasteiger charge is -2.34. The van der Waals surface area contributed by atoms with Crippen molar-refractivity contribution in [3.8, 4) is 0 Å². The van der Waals surface area contributed by atoms with Crippen LogP contribution >= 0.6 is 0 Å². The number of hydrogen-bond donors (Lipinski definition) is 1. The van der Waals surface area contributed by atoms with Crippen LogP contribution in [0.2, 0.25) is 0 Å². The van der Waals surface area contributed by atoms with Crippen LogP contribution in [-0.2, 0) is 12.8 Å². The van der Waals surface area contributed by atoms with Crippen molar-refractivity contribution in [2.24, 2.45) is 5.73 Å². The van der Waals surface area contributed by atoms with Gasteiger partial charge in [0.25, 0.3) is 0 Å². The molecule has 37 heavy (non-hydrogen) atoms. The van der Waals surface area contributed by atoms with Gasteiger partial charge in [0, 0.05) is 37.9 Å². The van der Waals surface area contributed by atoms with Crippen LogP contribution in [0.3, 0.4) is 0 Å². The van der Waals surface area contributed by atoms with E-state index in [0.29, 0.717) is 6.04 Å². The Bertz CT molecular complexity index is 1500. The molecule has 0 aromatic heterocycles. The normalized spacial score (nSPS) is 18.0. The Morgan fingerprint density at radius 1 is 0.730 bits per heavy atom. The molecule has 1 saturated heterocycles. The van der Waals surface area contributed by atoms with Crippen LogP contribution in [0.1, 0.15) is 23.1 Å². The molecule has 5 aromatic rings. The van der Waals surface area contributed by atoms with Gasteiger partial charge in [-0.3, -0.25) is 0 Å². The van der Waals surface area contributed by atoms with Crippen molar-refractivity contribution in [2.45, 2.75) is 32.2 Å². The van der Waals surface area contributed by atoms with Gasteiger partial charge < -0.3 is 15.5 Å². The molecular weight excluding hydrogens is 450 g/mol. The van der Waals surface area contributed by atoms with Gasteiger partial charge in [0.15, 0.2) is 0 Å². The molecule has 1 aliphatic heterocycles. The molecule has 1 aliphatic carbocycles. The fourth-order valence-corrected chi connectivity index (χ4v) is 6.17.